The lowest BCUT2D eigenvalue weighted by Gasteiger charge is -2.33. The Bertz CT molecular complexity index is 1210. The van der Waals surface area contributed by atoms with E-state index in [2.05, 4.69) is 77.1 Å². The molecular weight excluding hydrogens is 352 g/mol. The lowest BCUT2D eigenvalue weighted by Crippen LogP contribution is -2.31. The third-order valence-electron chi connectivity index (χ3n) is 7.06. The molecular formula is C27H28N2. The van der Waals surface area contributed by atoms with Crippen molar-refractivity contribution in [2.75, 3.05) is 6.54 Å². The van der Waals surface area contributed by atoms with E-state index in [1.807, 2.05) is 0 Å². The first kappa shape index (κ1) is 17.3. The van der Waals surface area contributed by atoms with Gasteiger partial charge in [-0.1, -0.05) is 48.0 Å². The second-order valence-electron chi connectivity index (χ2n) is 8.95. The van der Waals surface area contributed by atoms with Gasteiger partial charge in [0.1, 0.15) is 0 Å². The monoisotopic (exact) mass is 380 g/mol. The predicted molar refractivity (Wildman–Crippen MR) is 121 cm³/mol. The normalized spacial score (nSPS) is 19.4. The Balaban J connectivity index is 1.42. The number of aromatic nitrogens is 1. The van der Waals surface area contributed by atoms with E-state index in [0.29, 0.717) is 6.04 Å². The second kappa shape index (κ2) is 6.74. The molecule has 2 aliphatic rings. The molecule has 1 atom stereocenters. The van der Waals surface area contributed by atoms with Crippen LogP contribution in [-0.4, -0.2) is 16.0 Å². The summed E-state index contributed by atoms with van der Waals surface area (Å²) in [4.78, 5) is 2.76. The van der Waals surface area contributed by atoms with Crippen LogP contribution in [0.3, 0.4) is 0 Å². The van der Waals surface area contributed by atoms with Gasteiger partial charge in [-0.05, 0) is 72.7 Å². The lowest BCUT2D eigenvalue weighted by molar-refractivity contribution is 0.173. The molecule has 0 saturated carbocycles. The maximum Gasteiger partial charge on any atom is 0.0507 e. The molecule has 0 fully saturated rings. The Labute approximate surface area is 172 Å². The van der Waals surface area contributed by atoms with E-state index in [4.69, 9.17) is 0 Å². The average molecular weight is 381 g/mol. The van der Waals surface area contributed by atoms with Gasteiger partial charge < -0.3 is 4.57 Å². The summed E-state index contributed by atoms with van der Waals surface area (Å²) in [7, 11) is 0. The fraction of sp³-hybridized carbons (Fsp3) is 0.333. The van der Waals surface area contributed by atoms with E-state index in [1.54, 1.807) is 11.3 Å². The lowest BCUT2D eigenvalue weighted by atomic mass is 9.90. The van der Waals surface area contributed by atoms with Gasteiger partial charge in [-0.25, -0.2) is 0 Å². The molecule has 0 saturated heterocycles. The molecule has 0 bridgehead atoms. The third kappa shape index (κ3) is 2.81. The van der Waals surface area contributed by atoms with Crippen LogP contribution in [0.4, 0.5) is 0 Å². The third-order valence-corrected chi connectivity index (χ3v) is 7.06. The van der Waals surface area contributed by atoms with Crippen molar-refractivity contribution in [3.8, 4) is 0 Å². The molecule has 6 rings (SSSR count). The molecule has 29 heavy (non-hydrogen) atoms. The molecule has 2 heteroatoms. The number of nitrogens with zero attached hydrogens (tertiary/aromatic N) is 2. The van der Waals surface area contributed by atoms with Crippen LogP contribution in [-0.2, 0) is 19.5 Å². The molecule has 0 spiro atoms. The van der Waals surface area contributed by atoms with Crippen LogP contribution in [0.25, 0.3) is 21.7 Å². The van der Waals surface area contributed by atoms with Crippen LogP contribution in [0.2, 0.25) is 0 Å². The Kier molecular flexibility index (Phi) is 4.02. The molecule has 0 radical (unpaired) electrons. The highest BCUT2D eigenvalue weighted by Gasteiger charge is 2.33. The van der Waals surface area contributed by atoms with Gasteiger partial charge in [0.2, 0.25) is 0 Å². The Hall–Kier alpha value is -2.58. The Morgan fingerprint density at radius 1 is 0.897 bits per heavy atom. The summed E-state index contributed by atoms with van der Waals surface area (Å²) in [5.41, 5.74) is 7.53. The first-order valence-corrected chi connectivity index (χ1v) is 11.1. The highest BCUT2D eigenvalue weighted by Crippen LogP contribution is 2.42. The molecule has 146 valence electrons. The molecule has 0 unspecified atom stereocenters. The first-order chi connectivity index (χ1) is 14.3. The van der Waals surface area contributed by atoms with Crippen LogP contribution < -0.4 is 0 Å². The average Bonchev–Trinajstić information content (AvgIpc) is 2.93. The van der Waals surface area contributed by atoms with Gasteiger partial charge in [0.05, 0.1) is 6.04 Å². The molecule has 3 aromatic carbocycles. The van der Waals surface area contributed by atoms with Gasteiger partial charge in [0.15, 0.2) is 0 Å². The van der Waals surface area contributed by atoms with Crippen molar-refractivity contribution in [3.05, 3.63) is 83.0 Å². The minimum absolute atomic E-state index is 0.556. The highest BCUT2D eigenvalue weighted by atomic mass is 15.2. The van der Waals surface area contributed by atoms with E-state index < -0.39 is 0 Å². The van der Waals surface area contributed by atoms with E-state index >= 15 is 0 Å². The maximum absolute atomic E-state index is 2.76. The summed E-state index contributed by atoms with van der Waals surface area (Å²) in [6, 6.07) is 23.3. The van der Waals surface area contributed by atoms with Crippen LogP contribution in [0.1, 0.15) is 47.7 Å². The maximum atomic E-state index is 2.76. The number of rotatable bonds is 2. The largest absolute Gasteiger partial charge is 0.343 e. The summed E-state index contributed by atoms with van der Waals surface area (Å²) in [6.07, 6.45) is 5.06. The van der Waals surface area contributed by atoms with Gasteiger partial charge in [-0.2, -0.15) is 0 Å². The summed E-state index contributed by atoms with van der Waals surface area (Å²) in [5.74, 6) is 0. The fourth-order valence-electron chi connectivity index (χ4n) is 5.76. The van der Waals surface area contributed by atoms with Crippen molar-refractivity contribution in [1.29, 1.82) is 0 Å². The standard InChI is InChI=1S/C27H28N2/c1-19-10-13-25-24(16-19)23-8-4-9-26-27(23)29(25)15-5-14-28(26)18-20-11-12-21-6-2-3-7-22(21)17-20/h2-3,6-7,10-13,16-17,26H,4-5,8-9,14-15,18H2,1H3/t26-/m0/s1. The zero-order valence-electron chi connectivity index (χ0n) is 17.2. The number of fused-ring (bicyclic) bond motifs is 4. The van der Waals surface area contributed by atoms with Crippen LogP contribution in [0, 0.1) is 6.92 Å². The minimum atomic E-state index is 0.556. The molecule has 2 nitrogen and oxygen atoms in total. The topological polar surface area (TPSA) is 8.17 Å². The van der Waals surface area contributed by atoms with Crippen molar-refractivity contribution in [3.63, 3.8) is 0 Å². The van der Waals surface area contributed by atoms with Crippen molar-refractivity contribution in [1.82, 2.24) is 9.47 Å². The van der Waals surface area contributed by atoms with Gasteiger partial charge in [-0.3, -0.25) is 4.90 Å². The number of hydrogen-bond acceptors (Lipinski definition) is 1. The van der Waals surface area contributed by atoms with Gasteiger partial charge in [-0.15, -0.1) is 0 Å². The van der Waals surface area contributed by atoms with Crippen LogP contribution in [0.15, 0.2) is 60.7 Å². The molecule has 2 heterocycles. The predicted octanol–water partition coefficient (Wildman–Crippen LogP) is 6.39. The van der Waals surface area contributed by atoms with Gasteiger partial charge in [0.25, 0.3) is 0 Å². The molecule has 0 N–H and O–H groups in total. The molecule has 1 aliphatic heterocycles. The number of aryl methyl sites for hydroxylation is 3. The molecule has 1 aromatic heterocycles. The van der Waals surface area contributed by atoms with E-state index in [0.717, 1.165) is 13.1 Å². The van der Waals surface area contributed by atoms with E-state index in [1.165, 1.54) is 65.0 Å². The summed E-state index contributed by atoms with van der Waals surface area (Å²) < 4.78 is 2.66. The number of hydrogen-bond donors (Lipinski definition) is 0. The van der Waals surface area contributed by atoms with E-state index in [-0.39, 0.29) is 0 Å². The van der Waals surface area contributed by atoms with Crippen LogP contribution >= 0.6 is 0 Å². The quantitative estimate of drug-likeness (QED) is 0.391. The zero-order valence-corrected chi connectivity index (χ0v) is 17.2. The highest BCUT2D eigenvalue weighted by molar-refractivity contribution is 5.87. The second-order valence-corrected chi connectivity index (χ2v) is 8.95. The van der Waals surface area contributed by atoms with Crippen molar-refractivity contribution >= 4 is 21.7 Å². The zero-order chi connectivity index (χ0) is 19.4. The smallest absolute Gasteiger partial charge is 0.0507 e. The SMILES string of the molecule is Cc1ccc2c(c1)c1c3n2CCCN(Cc2ccc4ccccc4c2)[C@H]3CCC1. The Morgan fingerprint density at radius 2 is 1.79 bits per heavy atom. The van der Waals surface area contributed by atoms with Crippen molar-refractivity contribution in [2.24, 2.45) is 0 Å². The fourth-order valence-corrected chi connectivity index (χ4v) is 5.76. The summed E-state index contributed by atoms with van der Waals surface area (Å²) in [5, 5.41) is 4.20. The van der Waals surface area contributed by atoms with Crippen molar-refractivity contribution < 1.29 is 0 Å². The molecule has 1 aliphatic carbocycles. The summed E-state index contributed by atoms with van der Waals surface area (Å²) >= 11 is 0. The van der Waals surface area contributed by atoms with Gasteiger partial charge >= 0.3 is 0 Å². The number of benzene rings is 3. The summed E-state index contributed by atoms with van der Waals surface area (Å²) in [6.45, 7) is 5.61. The first-order valence-electron chi connectivity index (χ1n) is 11.1. The van der Waals surface area contributed by atoms with Crippen LogP contribution in [0.5, 0.6) is 0 Å². The Morgan fingerprint density at radius 3 is 2.72 bits per heavy atom. The molecule has 0 amide bonds. The van der Waals surface area contributed by atoms with Gasteiger partial charge in [0, 0.05) is 36.2 Å². The molecule has 4 aromatic rings. The van der Waals surface area contributed by atoms with Crippen molar-refractivity contribution in [2.45, 2.75) is 51.7 Å². The van der Waals surface area contributed by atoms with E-state index in [9.17, 15) is 0 Å². The minimum Gasteiger partial charge on any atom is -0.343 e.